The Morgan fingerprint density at radius 2 is 1.68 bits per heavy atom. The maximum absolute atomic E-state index is 10.0. The van der Waals surface area contributed by atoms with Crippen LogP contribution in [0.3, 0.4) is 0 Å². The quantitative estimate of drug-likeness (QED) is 0.386. The van der Waals surface area contributed by atoms with Crippen molar-refractivity contribution in [1.82, 2.24) is 4.98 Å². The highest BCUT2D eigenvalue weighted by atomic mass is 16.1. The summed E-state index contributed by atoms with van der Waals surface area (Å²) in [7, 11) is 0. The van der Waals surface area contributed by atoms with Crippen LogP contribution in [0.25, 0.3) is 12.2 Å². The maximum Gasteiger partial charge on any atom is 0.150 e. The molecule has 34 heavy (non-hydrogen) atoms. The maximum atomic E-state index is 10.0. The number of carbonyl (C=O) groups excluding carboxylic acids is 1. The number of allylic oxidation sites excluding steroid dienone is 1. The topological polar surface area (TPSA) is 56.0 Å². The Morgan fingerprint density at radius 1 is 1.00 bits per heavy atom. The van der Waals surface area contributed by atoms with Crippen LogP contribution in [0.15, 0.2) is 98.4 Å². The van der Waals surface area contributed by atoms with Crippen LogP contribution < -0.4 is 5.73 Å². The van der Waals surface area contributed by atoms with Crippen LogP contribution >= 0.6 is 0 Å². The Labute approximate surface area is 205 Å². The van der Waals surface area contributed by atoms with E-state index in [1.165, 1.54) is 47.8 Å². The fourth-order valence-electron chi connectivity index (χ4n) is 3.11. The van der Waals surface area contributed by atoms with E-state index in [9.17, 15) is 4.79 Å². The number of rotatable bonds is 6. The van der Waals surface area contributed by atoms with Crippen molar-refractivity contribution in [3.8, 4) is 0 Å². The van der Waals surface area contributed by atoms with Gasteiger partial charge in [0.05, 0.1) is 0 Å². The zero-order chi connectivity index (χ0) is 25.0. The molecule has 0 radical (unpaired) electrons. The first-order chi connectivity index (χ1) is 16.6. The fourth-order valence-corrected chi connectivity index (χ4v) is 3.11. The van der Waals surface area contributed by atoms with Crippen LogP contribution in [0.2, 0.25) is 0 Å². The molecule has 1 aliphatic carbocycles. The predicted molar refractivity (Wildman–Crippen MR) is 148 cm³/mol. The van der Waals surface area contributed by atoms with E-state index in [1.54, 1.807) is 12.1 Å². The van der Waals surface area contributed by atoms with Gasteiger partial charge < -0.3 is 5.73 Å². The van der Waals surface area contributed by atoms with Crippen molar-refractivity contribution in [3.63, 3.8) is 0 Å². The number of nitrogens with zero attached hydrogens (tertiary/aromatic N) is 1. The zero-order valence-electron chi connectivity index (χ0n) is 20.6. The summed E-state index contributed by atoms with van der Waals surface area (Å²) in [6.45, 7) is 11.2. The molecular formula is C31H38N2O. The van der Waals surface area contributed by atoms with E-state index >= 15 is 0 Å². The summed E-state index contributed by atoms with van der Waals surface area (Å²) in [5.74, 6) is 0.831. The van der Waals surface area contributed by atoms with Gasteiger partial charge in [-0.25, -0.2) is 0 Å². The molecule has 1 heterocycles. The number of aldehydes is 1. The Balaban J connectivity index is 0.000000252. The summed E-state index contributed by atoms with van der Waals surface area (Å²) >= 11 is 0. The van der Waals surface area contributed by atoms with Crippen LogP contribution in [0.4, 0.5) is 0 Å². The minimum atomic E-state index is 0.729. The molecule has 3 nitrogen and oxygen atoms in total. The first-order valence-corrected chi connectivity index (χ1v) is 11.7. The number of hydrogen-bond donors (Lipinski definition) is 1. The van der Waals surface area contributed by atoms with Crippen molar-refractivity contribution < 1.29 is 4.79 Å². The van der Waals surface area contributed by atoms with Crippen LogP contribution in [-0.2, 0) is 6.42 Å². The number of carbonyl (C=O) groups is 1. The summed E-state index contributed by atoms with van der Waals surface area (Å²) < 4.78 is 0. The van der Waals surface area contributed by atoms with E-state index in [0.717, 1.165) is 24.2 Å². The van der Waals surface area contributed by atoms with E-state index in [-0.39, 0.29) is 0 Å². The number of aryl methyl sites for hydroxylation is 1. The molecule has 1 fully saturated rings. The molecule has 1 aliphatic rings. The lowest BCUT2D eigenvalue weighted by Gasteiger charge is -2.04. The van der Waals surface area contributed by atoms with Gasteiger partial charge in [-0.05, 0) is 67.1 Å². The molecule has 178 valence electrons. The van der Waals surface area contributed by atoms with Gasteiger partial charge in [0.2, 0.25) is 0 Å². The van der Waals surface area contributed by atoms with E-state index in [1.807, 2.05) is 42.6 Å². The third kappa shape index (κ3) is 11.8. The molecule has 4 rings (SSSR count). The average Bonchev–Trinajstić information content (AvgIpc) is 3.73. The van der Waals surface area contributed by atoms with Crippen molar-refractivity contribution in [2.75, 3.05) is 0 Å². The molecule has 3 aromatic rings. The zero-order valence-corrected chi connectivity index (χ0v) is 20.6. The molecule has 1 aromatic heterocycles. The SMILES string of the molecule is C=CN.C=Cc1ccc(C2CC2)cc1/C=C\C.CCCc1ccccn1.O=Cc1ccccc1. The number of nitrogens with two attached hydrogens (primary N) is 1. The highest BCUT2D eigenvalue weighted by molar-refractivity contribution is 5.74. The molecule has 1 saturated carbocycles. The van der Waals surface area contributed by atoms with Crippen molar-refractivity contribution >= 4 is 18.4 Å². The van der Waals surface area contributed by atoms with Crippen LogP contribution in [-0.4, -0.2) is 11.3 Å². The standard InChI is InChI=1S/C14H16.C8H11N.C7H6O.C2H5N/c1-3-5-13-10-14(12-7-8-12)9-6-11(13)4-2;1-2-5-8-6-3-4-7-9-8;8-6-7-4-2-1-3-5-7;1-2-3/h3-6,9-10,12H,2,7-8H2,1H3;3-4,6-7H,2,5H2,1H3;1-6H;2H,1,3H2/b5-3-;;;. The number of hydrogen-bond acceptors (Lipinski definition) is 3. The third-order valence-corrected chi connectivity index (χ3v) is 4.89. The van der Waals surface area contributed by atoms with E-state index in [2.05, 4.69) is 74.1 Å². The highest BCUT2D eigenvalue weighted by Crippen LogP contribution is 2.40. The number of aromatic nitrogens is 1. The van der Waals surface area contributed by atoms with Crippen LogP contribution in [0.5, 0.6) is 0 Å². The number of benzene rings is 2. The Morgan fingerprint density at radius 3 is 2.15 bits per heavy atom. The molecule has 3 heteroatoms. The minimum Gasteiger partial charge on any atom is -0.405 e. The third-order valence-electron chi connectivity index (χ3n) is 4.89. The van der Waals surface area contributed by atoms with E-state index < -0.39 is 0 Å². The van der Waals surface area contributed by atoms with Gasteiger partial charge >= 0.3 is 0 Å². The predicted octanol–water partition coefficient (Wildman–Crippen LogP) is 7.86. The number of pyridine rings is 1. The van der Waals surface area contributed by atoms with Crippen LogP contribution in [0, 0.1) is 0 Å². The van der Waals surface area contributed by atoms with Gasteiger partial charge in [0.1, 0.15) is 6.29 Å². The largest absolute Gasteiger partial charge is 0.405 e. The lowest BCUT2D eigenvalue weighted by molar-refractivity contribution is 0.112. The van der Waals surface area contributed by atoms with Gasteiger partial charge in [-0.2, -0.15) is 0 Å². The van der Waals surface area contributed by atoms with Gasteiger partial charge in [0, 0.05) is 17.5 Å². The Bertz CT molecular complexity index is 990. The second-order valence-electron chi connectivity index (χ2n) is 7.70. The van der Waals surface area contributed by atoms with Crippen molar-refractivity contribution in [1.29, 1.82) is 0 Å². The summed E-state index contributed by atoms with van der Waals surface area (Å²) in [5.41, 5.74) is 10.6. The summed E-state index contributed by atoms with van der Waals surface area (Å²) in [6, 6.07) is 21.8. The van der Waals surface area contributed by atoms with Gasteiger partial charge in [-0.3, -0.25) is 9.78 Å². The van der Waals surface area contributed by atoms with Crippen molar-refractivity contribution in [2.24, 2.45) is 5.73 Å². The lowest BCUT2D eigenvalue weighted by atomic mass is 10.0. The molecule has 2 N–H and O–H groups in total. The van der Waals surface area contributed by atoms with Crippen LogP contribution in [0.1, 0.15) is 71.8 Å². The van der Waals surface area contributed by atoms with Gasteiger partial charge in [-0.15, -0.1) is 0 Å². The van der Waals surface area contributed by atoms with Gasteiger partial charge in [-0.1, -0.05) is 99.3 Å². The molecular weight excluding hydrogens is 416 g/mol. The highest BCUT2D eigenvalue weighted by Gasteiger charge is 2.23. The Hall–Kier alpha value is -3.72. The van der Waals surface area contributed by atoms with E-state index in [4.69, 9.17) is 0 Å². The Kier molecular flexibility index (Phi) is 14.8. The van der Waals surface area contributed by atoms with Gasteiger partial charge in [0.15, 0.2) is 0 Å². The molecule has 2 aromatic carbocycles. The summed E-state index contributed by atoms with van der Waals surface area (Å²) in [4.78, 5) is 14.2. The first-order valence-electron chi connectivity index (χ1n) is 11.7. The van der Waals surface area contributed by atoms with Crippen molar-refractivity contribution in [2.45, 2.75) is 45.4 Å². The molecule has 0 saturated heterocycles. The molecule has 0 amide bonds. The summed E-state index contributed by atoms with van der Waals surface area (Å²) in [5, 5.41) is 0. The second-order valence-corrected chi connectivity index (χ2v) is 7.70. The molecule has 0 unspecified atom stereocenters. The van der Waals surface area contributed by atoms with E-state index in [0.29, 0.717) is 0 Å². The average molecular weight is 455 g/mol. The summed E-state index contributed by atoms with van der Waals surface area (Å²) in [6.07, 6.45) is 15.1. The van der Waals surface area contributed by atoms with Crippen molar-refractivity contribution in [3.05, 3.63) is 126 Å². The smallest absolute Gasteiger partial charge is 0.150 e. The molecule has 0 aliphatic heterocycles. The fraction of sp³-hybridized carbons (Fsp3) is 0.226. The molecule has 0 bridgehead atoms. The van der Waals surface area contributed by atoms with Gasteiger partial charge in [0.25, 0.3) is 0 Å². The lowest BCUT2D eigenvalue weighted by Crippen LogP contribution is -1.85. The monoisotopic (exact) mass is 454 g/mol. The normalized spacial score (nSPS) is 11.5. The molecule has 0 atom stereocenters. The first kappa shape index (κ1) is 28.3. The minimum absolute atomic E-state index is 0.729. The second kappa shape index (κ2) is 17.8. The molecule has 0 spiro atoms.